The first-order valence-electron chi connectivity index (χ1n) is 7.66. The van der Waals surface area contributed by atoms with Crippen LogP contribution in [0.15, 0.2) is 21.4 Å². The third-order valence-corrected chi connectivity index (χ3v) is 4.56. The maximum Gasteiger partial charge on any atom is 0.338 e. The number of hydrogen-bond donors (Lipinski definition) is 1. The van der Waals surface area contributed by atoms with Gasteiger partial charge in [0.15, 0.2) is 0 Å². The number of sulfonamides is 1. The number of hydrogen-bond acceptors (Lipinski definition) is 9. The van der Waals surface area contributed by atoms with Crippen LogP contribution < -0.4 is 5.32 Å². The number of nitro groups is 1. The molecule has 0 aromatic heterocycles. The standard InChI is InChI=1S/C15H20N4O8S/c1-9(14(20)26-4)17-13-11(19(22)23)6-10(15(21)27-5)7-12(13)28(24,25)16-8-18(2)3/h6-9,17H,1-5H3/t9-/m1/s1. The van der Waals surface area contributed by atoms with Crippen molar-refractivity contribution in [3.8, 4) is 0 Å². The molecule has 0 unspecified atom stereocenters. The van der Waals surface area contributed by atoms with Crippen LogP contribution in [0, 0.1) is 10.1 Å². The van der Waals surface area contributed by atoms with Crippen molar-refractivity contribution in [2.45, 2.75) is 17.9 Å². The monoisotopic (exact) mass is 416 g/mol. The number of nitrogens with zero attached hydrogens (tertiary/aromatic N) is 3. The molecule has 28 heavy (non-hydrogen) atoms. The molecule has 0 aliphatic rings. The molecular formula is C15H20N4O8S. The summed E-state index contributed by atoms with van der Waals surface area (Å²) >= 11 is 0. The van der Waals surface area contributed by atoms with E-state index in [-0.39, 0.29) is 5.56 Å². The summed E-state index contributed by atoms with van der Waals surface area (Å²) in [7, 11) is 0.699. The molecule has 0 bridgehead atoms. The van der Waals surface area contributed by atoms with Gasteiger partial charge in [-0.25, -0.2) is 9.59 Å². The summed E-state index contributed by atoms with van der Waals surface area (Å²) in [6.07, 6.45) is 0.972. The highest BCUT2D eigenvalue weighted by Crippen LogP contribution is 2.35. The fourth-order valence-electron chi connectivity index (χ4n) is 1.99. The fourth-order valence-corrected chi connectivity index (χ4v) is 3.12. The molecule has 0 saturated heterocycles. The van der Waals surface area contributed by atoms with Gasteiger partial charge in [-0.3, -0.25) is 10.1 Å². The quantitative estimate of drug-likeness (QED) is 0.209. The van der Waals surface area contributed by atoms with Crippen LogP contribution in [-0.4, -0.2) is 70.9 Å². The maximum absolute atomic E-state index is 12.7. The molecule has 0 amide bonds. The van der Waals surface area contributed by atoms with E-state index in [1.165, 1.54) is 25.9 Å². The van der Waals surface area contributed by atoms with Gasteiger partial charge >= 0.3 is 11.9 Å². The number of carbonyl (C=O) groups excluding carboxylic acids is 2. The Morgan fingerprint density at radius 3 is 2.36 bits per heavy atom. The van der Waals surface area contributed by atoms with Crippen molar-refractivity contribution < 1.29 is 32.4 Å². The minimum absolute atomic E-state index is 0.371. The Labute approximate surface area is 161 Å². The Morgan fingerprint density at radius 2 is 1.89 bits per heavy atom. The Kier molecular flexibility index (Phi) is 7.43. The van der Waals surface area contributed by atoms with Gasteiger partial charge in [0.2, 0.25) is 0 Å². The first-order valence-corrected chi connectivity index (χ1v) is 9.10. The van der Waals surface area contributed by atoms with Gasteiger partial charge in [0.25, 0.3) is 15.7 Å². The van der Waals surface area contributed by atoms with Crippen LogP contribution in [0.1, 0.15) is 17.3 Å². The van der Waals surface area contributed by atoms with Crippen LogP contribution in [0.5, 0.6) is 0 Å². The number of rotatable bonds is 8. The van der Waals surface area contributed by atoms with Gasteiger partial charge in [-0.05, 0) is 13.0 Å². The van der Waals surface area contributed by atoms with Gasteiger partial charge in [0, 0.05) is 20.2 Å². The summed E-state index contributed by atoms with van der Waals surface area (Å²) in [4.78, 5) is 34.8. The lowest BCUT2D eigenvalue weighted by atomic mass is 10.1. The first kappa shape index (κ1) is 22.8. The lowest BCUT2D eigenvalue weighted by Gasteiger charge is -2.16. The van der Waals surface area contributed by atoms with E-state index in [0.29, 0.717) is 0 Å². The summed E-state index contributed by atoms with van der Waals surface area (Å²) in [5.74, 6) is -1.77. The lowest BCUT2D eigenvalue weighted by molar-refractivity contribution is -0.384. The van der Waals surface area contributed by atoms with Crippen LogP contribution in [0.3, 0.4) is 0 Å². The normalized spacial score (nSPS) is 12.3. The van der Waals surface area contributed by atoms with E-state index in [1.54, 1.807) is 0 Å². The van der Waals surface area contributed by atoms with Crippen LogP contribution in [0.2, 0.25) is 0 Å². The average molecular weight is 416 g/mol. The predicted molar refractivity (Wildman–Crippen MR) is 98.9 cm³/mol. The molecule has 0 heterocycles. The van der Waals surface area contributed by atoms with Crippen molar-refractivity contribution in [2.75, 3.05) is 33.6 Å². The average Bonchev–Trinajstić information content (AvgIpc) is 2.64. The molecule has 1 aromatic carbocycles. The van der Waals surface area contributed by atoms with Crippen molar-refractivity contribution in [1.29, 1.82) is 0 Å². The van der Waals surface area contributed by atoms with Crippen molar-refractivity contribution >= 4 is 39.7 Å². The van der Waals surface area contributed by atoms with Gasteiger partial charge in [0.05, 0.1) is 24.7 Å². The van der Waals surface area contributed by atoms with E-state index in [4.69, 9.17) is 0 Å². The van der Waals surface area contributed by atoms with Crippen LogP contribution in [-0.2, 0) is 24.3 Å². The van der Waals surface area contributed by atoms with Gasteiger partial charge in [-0.2, -0.15) is 8.42 Å². The number of ether oxygens (including phenoxy) is 2. The second kappa shape index (κ2) is 9.12. The van der Waals surface area contributed by atoms with Gasteiger partial charge in [-0.1, -0.05) is 0 Å². The van der Waals surface area contributed by atoms with Gasteiger partial charge in [0.1, 0.15) is 23.0 Å². The fraction of sp³-hybridized carbons (Fsp3) is 0.400. The Bertz CT molecular complexity index is 911. The molecule has 0 aliphatic carbocycles. The minimum Gasteiger partial charge on any atom is -0.467 e. The number of anilines is 1. The number of methoxy groups -OCH3 is 2. The van der Waals surface area contributed by atoms with Crippen LogP contribution in [0.25, 0.3) is 0 Å². The van der Waals surface area contributed by atoms with E-state index in [0.717, 1.165) is 32.7 Å². The zero-order chi connectivity index (χ0) is 21.6. The molecule has 1 rings (SSSR count). The van der Waals surface area contributed by atoms with Crippen molar-refractivity contribution in [2.24, 2.45) is 4.40 Å². The molecule has 0 saturated carbocycles. The molecule has 154 valence electrons. The van der Waals surface area contributed by atoms with E-state index < -0.39 is 49.2 Å². The second-order valence-corrected chi connectivity index (χ2v) is 7.27. The summed E-state index contributed by atoms with van der Waals surface area (Å²) in [5.41, 5.74) is -1.63. The Hall–Kier alpha value is -3.22. The number of nitro benzene ring substituents is 1. The molecule has 12 nitrogen and oxygen atoms in total. The number of carbonyl (C=O) groups is 2. The molecule has 0 spiro atoms. The van der Waals surface area contributed by atoms with Gasteiger partial charge < -0.3 is 19.7 Å². The largest absolute Gasteiger partial charge is 0.467 e. The number of esters is 2. The van der Waals surface area contributed by atoms with E-state index >= 15 is 0 Å². The Morgan fingerprint density at radius 1 is 1.29 bits per heavy atom. The zero-order valence-corrected chi connectivity index (χ0v) is 16.6. The smallest absolute Gasteiger partial charge is 0.338 e. The third-order valence-electron chi connectivity index (χ3n) is 3.31. The zero-order valence-electron chi connectivity index (χ0n) is 15.8. The molecule has 0 fully saturated rings. The highest BCUT2D eigenvalue weighted by Gasteiger charge is 2.31. The summed E-state index contributed by atoms with van der Waals surface area (Å²) in [6, 6.07) is 0.597. The van der Waals surface area contributed by atoms with E-state index in [2.05, 4.69) is 19.2 Å². The number of benzene rings is 1. The molecule has 0 aliphatic heterocycles. The Balaban J connectivity index is 3.80. The summed E-state index contributed by atoms with van der Waals surface area (Å²) in [6.45, 7) is 1.32. The van der Waals surface area contributed by atoms with Crippen LogP contribution >= 0.6 is 0 Å². The molecule has 1 aromatic rings. The second-order valence-electron chi connectivity index (χ2n) is 5.67. The number of nitrogens with one attached hydrogen (secondary N) is 1. The van der Waals surface area contributed by atoms with E-state index in [9.17, 15) is 28.1 Å². The SMILES string of the molecule is COC(=O)c1cc([N+](=O)[O-])c(N[C@H](C)C(=O)OC)c(S(=O)(=O)N=CN(C)C)c1. The maximum atomic E-state index is 12.7. The first-order chi connectivity index (χ1) is 12.9. The van der Waals surface area contributed by atoms with Gasteiger partial charge in [-0.15, -0.1) is 4.40 Å². The molecule has 0 radical (unpaired) electrons. The van der Waals surface area contributed by atoms with Crippen molar-refractivity contribution in [1.82, 2.24) is 4.90 Å². The highest BCUT2D eigenvalue weighted by molar-refractivity contribution is 7.90. The lowest BCUT2D eigenvalue weighted by Crippen LogP contribution is -2.28. The minimum atomic E-state index is -4.48. The highest BCUT2D eigenvalue weighted by atomic mass is 32.2. The van der Waals surface area contributed by atoms with E-state index in [1.807, 2.05) is 0 Å². The van der Waals surface area contributed by atoms with Crippen LogP contribution in [0.4, 0.5) is 11.4 Å². The topological polar surface area (TPSA) is 158 Å². The molecular weight excluding hydrogens is 396 g/mol. The summed E-state index contributed by atoms with van der Waals surface area (Å²) < 4.78 is 37.8. The summed E-state index contributed by atoms with van der Waals surface area (Å²) in [5, 5.41) is 14.0. The molecule has 13 heteroatoms. The van der Waals surface area contributed by atoms with Crippen molar-refractivity contribution in [3.05, 3.63) is 27.8 Å². The molecule has 1 N–H and O–H groups in total. The van der Waals surface area contributed by atoms with Crippen molar-refractivity contribution in [3.63, 3.8) is 0 Å². The third kappa shape index (κ3) is 5.39. The molecule has 1 atom stereocenters. The predicted octanol–water partition coefficient (Wildman–Crippen LogP) is 0.633.